The van der Waals surface area contributed by atoms with E-state index in [2.05, 4.69) is 15.2 Å². The molecule has 9 heteroatoms. The average molecular weight is 493 g/mol. The molecule has 7 nitrogen and oxygen atoms in total. The molecular formula is C25H24N4O3S2. The number of nitrogens with one attached hydrogen (secondary N) is 1. The molecule has 1 aliphatic heterocycles. The van der Waals surface area contributed by atoms with Crippen molar-refractivity contribution in [3.05, 3.63) is 83.9 Å². The first-order chi connectivity index (χ1) is 16.4. The highest BCUT2D eigenvalue weighted by atomic mass is 32.2. The summed E-state index contributed by atoms with van der Waals surface area (Å²) in [7, 11) is -3.71. The standard InChI is InChI=1S/C25H24N4O3S2/c1-18-10-11-22-23(16-18)33-25(26-22)27-24(30)19-6-5-9-21(17-19)34(31,32)29-14-12-28(13-15-29)20-7-3-2-4-8-20/h2-11,16-17H,12-15H2,1H3,(H,26,27,30). The van der Waals surface area contributed by atoms with Gasteiger partial charge in [-0.1, -0.05) is 41.7 Å². The van der Waals surface area contributed by atoms with Crippen LogP contribution in [0.2, 0.25) is 0 Å². The van der Waals surface area contributed by atoms with E-state index in [0.29, 0.717) is 31.3 Å². The average Bonchev–Trinajstić information content (AvgIpc) is 3.26. The largest absolute Gasteiger partial charge is 0.369 e. The van der Waals surface area contributed by atoms with Gasteiger partial charge in [0.1, 0.15) is 0 Å². The summed E-state index contributed by atoms with van der Waals surface area (Å²) in [5, 5.41) is 3.28. The van der Waals surface area contributed by atoms with E-state index in [0.717, 1.165) is 21.5 Å². The Hall–Kier alpha value is -3.27. The number of rotatable bonds is 5. The first kappa shape index (κ1) is 22.5. The predicted octanol–water partition coefficient (Wildman–Crippen LogP) is 4.37. The Labute approximate surface area is 202 Å². The van der Waals surface area contributed by atoms with E-state index in [1.807, 2.05) is 55.5 Å². The zero-order valence-electron chi connectivity index (χ0n) is 18.6. The van der Waals surface area contributed by atoms with Gasteiger partial charge in [-0.25, -0.2) is 13.4 Å². The minimum Gasteiger partial charge on any atom is -0.369 e. The van der Waals surface area contributed by atoms with Gasteiger partial charge in [-0.15, -0.1) is 0 Å². The molecule has 0 bridgehead atoms. The Morgan fingerprint density at radius 2 is 1.71 bits per heavy atom. The van der Waals surface area contributed by atoms with Gasteiger partial charge in [0.05, 0.1) is 15.1 Å². The zero-order valence-corrected chi connectivity index (χ0v) is 20.3. The second-order valence-corrected chi connectivity index (χ2v) is 11.2. The number of piperazine rings is 1. The number of hydrogen-bond acceptors (Lipinski definition) is 6. The van der Waals surface area contributed by atoms with Gasteiger partial charge in [-0.2, -0.15) is 4.31 Å². The number of carbonyl (C=O) groups excluding carboxylic acids is 1. The molecule has 0 spiro atoms. The Kier molecular flexibility index (Phi) is 6.07. The van der Waals surface area contributed by atoms with Crippen molar-refractivity contribution in [3.63, 3.8) is 0 Å². The first-order valence-corrected chi connectivity index (χ1v) is 13.2. The fourth-order valence-electron chi connectivity index (χ4n) is 4.03. The Morgan fingerprint density at radius 1 is 0.941 bits per heavy atom. The SMILES string of the molecule is Cc1ccc2nc(NC(=O)c3cccc(S(=O)(=O)N4CCN(c5ccccc5)CC4)c3)sc2c1. The van der Waals surface area contributed by atoms with E-state index in [1.165, 1.54) is 27.8 Å². The van der Waals surface area contributed by atoms with E-state index in [1.54, 1.807) is 12.1 Å². The summed E-state index contributed by atoms with van der Waals surface area (Å²) in [6, 6.07) is 22.1. The highest BCUT2D eigenvalue weighted by Gasteiger charge is 2.29. The number of nitrogens with zero attached hydrogens (tertiary/aromatic N) is 3. The van der Waals surface area contributed by atoms with Crippen molar-refractivity contribution in [1.82, 2.24) is 9.29 Å². The van der Waals surface area contributed by atoms with E-state index in [4.69, 9.17) is 0 Å². The summed E-state index contributed by atoms with van der Waals surface area (Å²) in [6.07, 6.45) is 0. The zero-order chi connectivity index (χ0) is 23.7. The van der Waals surface area contributed by atoms with Crippen LogP contribution in [-0.4, -0.2) is 49.8 Å². The number of amides is 1. The van der Waals surface area contributed by atoms with Crippen LogP contribution in [0, 0.1) is 6.92 Å². The van der Waals surface area contributed by atoms with Gasteiger partial charge in [0.25, 0.3) is 5.91 Å². The summed E-state index contributed by atoms with van der Waals surface area (Å²) in [5.41, 5.74) is 3.30. The summed E-state index contributed by atoms with van der Waals surface area (Å²) in [5.74, 6) is -0.387. The first-order valence-electron chi connectivity index (χ1n) is 11.0. The molecule has 1 aliphatic rings. The van der Waals surface area contributed by atoms with Crippen molar-refractivity contribution >= 4 is 48.3 Å². The molecule has 1 fully saturated rings. The number of aryl methyl sites for hydroxylation is 1. The fraction of sp³-hybridized carbons (Fsp3) is 0.200. The Balaban J connectivity index is 1.30. The fourth-order valence-corrected chi connectivity index (χ4v) is 6.45. The molecule has 34 heavy (non-hydrogen) atoms. The number of anilines is 2. The van der Waals surface area contributed by atoms with Crippen LogP contribution in [0.15, 0.2) is 77.7 Å². The van der Waals surface area contributed by atoms with Crippen LogP contribution in [-0.2, 0) is 10.0 Å². The molecular weight excluding hydrogens is 468 g/mol. The lowest BCUT2D eigenvalue weighted by molar-refractivity contribution is 0.102. The highest BCUT2D eigenvalue weighted by Crippen LogP contribution is 2.27. The third kappa shape index (κ3) is 4.54. The highest BCUT2D eigenvalue weighted by molar-refractivity contribution is 7.89. The normalized spacial score (nSPS) is 14.9. The topological polar surface area (TPSA) is 82.6 Å². The summed E-state index contributed by atoms with van der Waals surface area (Å²) in [4.78, 5) is 19.6. The molecule has 0 radical (unpaired) electrons. The molecule has 3 aromatic carbocycles. The van der Waals surface area contributed by atoms with Gasteiger partial charge in [0, 0.05) is 37.4 Å². The van der Waals surface area contributed by atoms with Crippen molar-refractivity contribution in [2.45, 2.75) is 11.8 Å². The van der Waals surface area contributed by atoms with Crippen LogP contribution in [0.4, 0.5) is 10.8 Å². The third-order valence-electron chi connectivity index (χ3n) is 5.86. The quantitative estimate of drug-likeness (QED) is 0.447. The summed E-state index contributed by atoms with van der Waals surface area (Å²) < 4.78 is 29.0. The van der Waals surface area contributed by atoms with Gasteiger partial charge in [0.15, 0.2) is 5.13 Å². The molecule has 4 aromatic rings. The van der Waals surface area contributed by atoms with E-state index >= 15 is 0 Å². The summed E-state index contributed by atoms with van der Waals surface area (Å²) in [6.45, 7) is 4.00. The van der Waals surface area contributed by atoms with Crippen LogP contribution in [0.1, 0.15) is 15.9 Å². The van der Waals surface area contributed by atoms with Crippen molar-refractivity contribution < 1.29 is 13.2 Å². The van der Waals surface area contributed by atoms with E-state index in [-0.39, 0.29) is 16.4 Å². The van der Waals surface area contributed by atoms with Crippen molar-refractivity contribution in [2.24, 2.45) is 0 Å². The lowest BCUT2D eigenvalue weighted by Crippen LogP contribution is -2.48. The monoisotopic (exact) mass is 492 g/mol. The second-order valence-electron chi connectivity index (χ2n) is 8.20. The van der Waals surface area contributed by atoms with Gasteiger partial charge in [-0.3, -0.25) is 10.1 Å². The number of sulfonamides is 1. The molecule has 1 saturated heterocycles. The van der Waals surface area contributed by atoms with Gasteiger partial charge >= 0.3 is 0 Å². The third-order valence-corrected chi connectivity index (χ3v) is 8.69. The maximum absolute atomic E-state index is 13.3. The van der Waals surface area contributed by atoms with E-state index < -0.39 is 10.0 Å². The van der Waals surface area contributed by atoms with Gasteiger partial charge in [-0.05, 0) is 55.0 Å². The minimum absolute atomic E-state index is 0.119. The van der Waals surface area contributed by atoms with E-state index in [9.17, 15) is 13.2 Å². The number of carbonyl (C=O) groups is 1. The molecule has 1 amide bonds. The molecule has 0 unspecified atom stereocenters. The van der Waals surface area contributed by atoms with Crippen molar-refractivity contribution in [2.75, 3.05) is 36.4 Å². The molecule has 5 rings (SSSR count). The van der Waals surface area contributed by atoms with Crippen LogP contribution in [0.5, 0.6) is 0 Å². The molecule has 1 aromatic heterocycles. The lowest BCUT2D eigenvalue weighted by atomic mass is 10.2. The number of aromatic nitrogens is 1. The Bertz CT molecular complexity index is 1440. The number of benzene rings is 3. The summed E-state index contributed by atoms with van der Waals surface area (Å²) >= 11 is 1.39. The minimum atomic E-state index is -3.71. The predicted molar refractivity (Wildman–Crippen MR) is 136 cm³/mol. The lowest BCUT2D eigenvalue weighted by Gasteiger charge is -2.35. The Morgan fingerprint density at radius 3 is 2.47 bits per heavy atom. The number of thiazole rings is 1. The number of hydrogen-bond donors (Lipinski definition) is 1. The number of fused-ring (bicyclic) bond motifs is 1. The van der Waals surface area contributed by atoms with Gasteiger partial charge < -0.3 is 4.90 Å². The molecule has 0 aliphatic carbocycles. The molecule has 0 atom stereocenters. The van der Waals surface area contributed by atoms with Crippen LogP contribution >= 0.6 is 11.3 Å². The second kappa shape index (κ2) is 9.17. The van der Waals surface area contributed by atoms with Crippen LogP contribution < -0.4 is 10.2 Å². The smallest absolute Gasteiger partial charge is 0.257 e. The van der Waals surface area contributed by atoms with Crippen molar-refractivity contribution in [3.8, 4) is 0 Å². The number of para-hydroxylation sites is 1. The maximum atomic E-state index is 13.3. The molecule has 174 valence electrons. The molecule has 0 saturated carbocycles. The van der Waals surface area contributed by atoms with Gasteiger partial charge in [0.2, 0.25) is 10.0 Å². The molecule has 2 heterocycles. The molecule has 1 N–H and O–H groups in total. The van der Waals surface area contributed by atoms with Crippen LogP contribution in [0.3, 0.4) is 0 Å². The van der Waals surface area contributed by atoms with Crippen molar-refractivity contribution in [1.29, 1.82) is 0 Å². The van der Waals surface area contributed by atoms with Crippen LogP contribution in [0.25, 0.3) is 10.2 Å². The maximum Gasteiger partial charge on any atom is 0.257 e.